The maximum atomic E-state index is 13.6. The van der Waals surface area contributed by atoms with Crippen molar-refractivity contribution in [2.45, 2.75) is 32.6 Å². The van der Waals surface area contributed by atoms with E-state index in [4.69, 9.17) is 9.47 Å². The average Bonchev–Trinajstić information content (AvgIpc) is 3.04. The molecule has 1 heterocycles. The molecule has 1 aromatic carbocycles. The first-order valence-electron chi connectivity index (χ1n) is 9.04. The Balaban J connectivity index is 1.70. The Morgan fingerprint density at radius 3 is 2.61 bits per heavy atom. The van der Waals surface area contributed by atoms with Gasteiger partial charge in [-0.05, 0) is 50.3 Å². The Labute approximate surface area is 165 Å². The van der Waals surface area contributed by atoms with Gasteiger partial charge < -0.3 is 14.8 Å². The van der Waals surface area contributed by atoms with Gasteiger partial charge in [0.1, 0.15) is 10.8 Å². The highest BCUT2D eigenvalue weighted by Crippen LogP contribution is 2.38. The normalized spacial score (nSPS) is 12.8. The highest BCUT2D eigenvalue weighted by atomic mass is 32.1. The number of aryl methyl sites for hydroxylation is 1. The number of rotatable bonds is 6. The van der Waals surface area contributed by atoms with E-state index in [1.165, 1.54) is 29.5 Å². The zero-order valence-electron chi connectivity index (χ0n) is 15.4. The summed E-state index contributed by atoms with van der Waals surface area (Å²) in [6.07, 6.45) is 3.62. The molecule has 0 radical (unpaired) electrons. The molecule has 0 fully saturated rings. The van der Waals surface area contributed by atoms with Crippen molar-refractivity contribution >= 4 is 34.2 Å². The van der Waals surface area contributed by atoms with E-state index in [2.05, 4.69) is 5.32 Å². The topological polar surface area (TPSA) is 81.7 Å². The summed E-state index contributed by atoms with van der Waals surface area (Å²) in [6, 6.07) is 5.37. The fourth-order valence-corrected chi connectivity index (χ4v) is 4.37. The molecule has 2 aromatic rings. The van der Waals surface area contributed by atoms with E-state index in [9.17, 15) is 18.8 Å². The largest absolute Gasteiger partial charge is 0.462 e. The molecule has 28 heavy (non-hydrogen) atoms. The first-order valence-corrected chi connectivity index (χ1v) is 9.86. The van der Waals surface area contributed by atoms with Gasteiger partial charge in [0.2, 0.25) is 0 Å². The van der Waals surface area contributed by atoms with Gasteiger partial charge in [0.25, 0.3) is 5.91 Å². The quantitative estimate of drug-likeness (QED) is 0.741. The third-order valence-electron chi connectivity index (χ3n) is 4.33. The van der Waals surface area contributed by atoms with Crippen LogP contribution in [0.5, 0.6) is 0 Å². The van der Waals surface area contributed by atoms with E-state index in [1.807, 2.05) is 0 Å². The Morgan fingerprint density at radius 1 is 1.11 bits per heavy atom. The first kappa shape index (κ1) is 20.0. The van der Waals surface area contributed by atoms with Crippen molar-refractivity contribution in [3.05, 3.63) is 51.7 Å². The molecule has 1 aromatic heterocycles. The molecule has 1 N–H and O–H groups in total. The monoisotopic (exact) mass is 405 g/mol. The number of hydrogen-bond donors (Lipinski definition) is 1. The molecule has 1 aliphatic carbocycles. The fraction of sp³-hybridized carbons (Fsp3) is 0.350. The number of thiophene rings is 1. The molecule has 1 amide bonds. The summed E-state index contributed by atoms with van der Waals surface area (Å²) in [5.41, 5.74) is 1.07. The molecule has 0 bridgehead atoms. The van der Waals surface area contributed by atoms with E-state index in [1.54, 1.807) is 6.92 Å². The molecular formula is C20H20FNO5S. The van der Waals surface area contributed by atoms with Crippen LogP contribution >= 0.6 is 11.3 Å². The van der Waals surface area contributed by atoms with Crippen LogP contribution in [-0.4, -0.2) is 31.1 Å². The SMILES string of the molecule is CCOC(=O)c1c(NC(=O)COC(=O)c2ccccc2F)sc2c1CCCC2. The second-order valence-corrected chi connectivity index (χ2v) is 7.34. The number of carbonyl (C=O) groups excluding carboxylic acids is 3. The third-order valence-corrected chi connectivity index (χ3v) is 5.54. The molecule has 0 aliphatic heterocycles. The van der Waals surface area contributed by atoms with Crippen LogP contribution in [0.4, 0.5) is 9.39 Å². The number of halogens is 1. The van der Waals surface area contributed by atoms with Crippen LogP contribution in [0.15, 0.2) is 24.3 Å². The van der Waals surface area contributed by atoms with E-state index in [0.717, 1.165) is 42.2 Å². The third kappa shape index (κ3) is 4.39. The van der Waals surface area contributed by atoms with Crippen molar-refractivity contribution in [2.75, 3.05) is 18.5 Å². The number of esters is 2. The molecule has 1 aliphatic rings. The molecule has 8 heteroatoms. The molecule has 0 spiro atoms. The number of amides is 1. The first-order chi connectivity index (χ1) is 13.5. The second kappa shape index (κ2) is 8.97. The molecule has 0 saturated carbocycles. The lowest BCUT2D eigenvalue weighted by Crippen LogP contribution is -2.22. The van der Waals surface area contributed by atoms with Crippen LogP contribution in [0, 0.1) is 5.82 Å². The standard InChI is InChI=1S/C20H20FNO5S/c1-2-26-20(25)17-13-8-4-6-10-15(13)28-18(17)22-16(23)11-27-19(24)12-7-3-5-9-14(12)21/h3,5,7,9H,2,4,6,8,10-11H2,1H3,(H,22,23). The number of ether oxygens (including phenoxy) is 2. The molecular weight excluding hydrogens is 385 g/mol. The fourth-order valence-electron chi connectivity index (χ4n) is 3.07. The predicted octanol–water partition coefficient (Wildman–Crippen LogP) is 3.74. The maximum Gasteiger partial charge on any atom is 0.341 e. The van der Waals surface area contributed by atoms with E-state index in [-0.39, 0.29) is 12.2 Å². The highest BCUT2D eigenvalue weighted by Gasteiger charge is 2.27. The number of anilines is 1. The number of fused-ring (bicyclic) bond motifs is 1. The molecule has 0 unspecified atom stereocenters. The van der Waals surface area contributed by atoms with Crippen molar-refractivity contribution in [1.82, 2.24) is 0 Å². The second-order valence-electron chi connectivity index (χ2n) is 6.24. The van der Waals surface area contributed by atoms with Crippen molar-refractivity contribution < 1.29 is 28.2 Å². The summed E-state index contributed by atoms with van der Waals surface area (Å²) in [4.78, 5) is 37.6. The Hall–Kier alpha value is -2.74. The van der Waals surface area contributed by atoms with Crippen molar-refractivity contribution in [1.29, 1.82) is 0 Å². The minimum Gasteiger partial charge on any atom is -0.462 e. The zero-order valence-corrected chi connectivity index (χ0v) is 16.2. The van der Waals surface area contributed by atoms with Crippen LogP contribution in [0.25, 0.3) is 0 Å². The van der Waals surface area contributed by atoms with Crippen LogP contribution < -0.4 is 5.32 Å². The summed E-state index contributed by atoms with van der Waals surface area (Å²) < 4.78 is 23.6. The average molecular weight is 405 g/mol. The summed E-state index contributed by atoms with van der Waals surface area (Å²) in [5.74, 6) is -2.72. The van der Waals surface area contributed by atoms with Gasteiger partial charge in [-0.1, -0.05) is 12.1 Å². The molecule has 0 atom stereocenters. The van der Waals surface area contributed by atoms with Gasteiger partial charge in [-0.15, -0.1) is 11.3 Å². The lowest BCUT2D eigenvalue weighted by molar-refractivity contribution is -0.119. The summed E-state index contributed by atoms with van der Waals surface area (Å²) in [5, 5.41) is 3.04. The molecule has 6 nitrogen and oxygen atoms in total. The molecule has 3 rings (SSSR count). The van der Waals surface area contributed by atoms with E-state index in [0.29, 0.717) is 10.6 Å². The van der Waals surface area contributed by atoms with E-state index >= 15 is 0 Å². The summed E-state index contributed by atoms with van der Waals surface area (Å²) in [6.45, 7) is 1.37. The van der Waals surface area contributed by atoms with Crippen molar-refractivity contribution in [3.63, 3.8) is 0 Å². The van der Waals surface area contributed by atoms with Crippen LogP contribution in [-0.2, 0) is 27.1 Å². The summed E-state index contributed by atoms with van der Waals surface area (Å²) in [7, 11) is 0. The van der Waals surface area contributed by atoms with Gasteiger partial charge in [0, 0.05) is 4.88 Å². The number of hydrogen-bond acceptors (Lipinski definition) is 6. The van der Waals surface area contributed by atoms with Crippen molar-refractivity contribution in [2.24, 2.45) is 0 Å². The van der Waals surface area contributed by atoms with Crippen LogP contribution in [0.2, 0.25) is 0 Å². The highest BCUT2D eigenvalue weighted by molar-refractivity contribution is 7.17. The maximum absolute atomic E-state index is 13.6. The summed E-state index contributed by atoms with van der Waals surface area (Å²) >= 11 is 1.34. The van der Waals surface area contributed by atoms with Gasteiger partial charge in [0.05, 0.1) is 17.7 Å². The molecule has 0 saturated heterocycles. The van der Waals surface area contributed by atoms with Gasteiger partial charge in [-0.2, -0.15) is 0 Å². The van der Waals surface area contributed by atoms with Gasteiger partial charge in [0.15, 0.2) is 6.61 Å². The van der Waals surface area contributed by atoms with Crippen LogP contribution in [0.3, 0.4) is 0 Å². The van der Waals surface area contributed by atoms with Gasteiger partial charge in [-0.25, -0.2) is 14.0 Å². The van der Waals surface area contributed by atoms with Gasteiger partial charge in [-0.3, -0.25) is 4.79 Å². The minimum absolute atomic E-state index is 0.233. The van der Waals surface area contributed by atoms with Gasteiger partial charge >= 0.3 is 11.9 Å². The minimum atomic E-state index is -0.927. The Morgan fingerprint density at radius 2 is 1.86 bits per heavy atom. The Kier molecular flexibility index (Phi) is 6.41. The predicted molar refractivity (Wildman–Crippen MR) is 102 cm³/mol. The smallest absolute Gasteiger partial charge is 0.341 e. The number of benzene rings is 1. The molecule has 148 valence electrons. The number of carbonyl (C=O) groups is 3. The Bertz CT molecular complexity index is 908. The lowest BCUT2D eigenvalue weighted by Gasteiger charge is -2.12. The lowest BCUT2D eigenvalue weighted by atomic mass is 9.95. The zero-order chi connectivity index (χ0) is 20.1. The number of nitrogens with one attached hydrogen (secondary N) is 1. The van der Waals surface area contributed by atoms with E-state index < -0.39 is 30.3 Å². The van der Waals surface area contributed by atoms with Crippen molar-refractivity contribution in [3.8, 4) is 0 Å². The van der Waals surface area contributed by atoms with Crippen LogP contribution in [0.1, 0.15) is 50.9 Å².